The normalized spacial score (nSPS) is 12.0. The summed E-state index contributed by atoms with van der Waals surface area (Å²) in [5.74, 6) is 1.76. The van der Waals surface area contributed by atoms with E-state index >= 15 is 0 Å². The van der Waals surface area contributed by atoms with Crippen molar-refractivity contribution in [2.24, 2.45) is 5.73 Å². The number of benzene rings is 2. The van der Waals surface area contributed by atoms with Crippen molar-refractivity contribution in [2.45, 2.75) is 26.2 Å². The molecule has 0 fully saturated rings. The maximum atomic E-state index is 6.02. The molecule has 0 saturated heterocycles. The number of hydrogen-bond acceptors (Lipinski definition) is 3. The van der Waals surface area contributed by atoms with Crippen LogP contribution in [0.2, 0.25) is 0 Å². The van der Waals surface area contributed by atoms with Gasteiger partial charge in [0.1, 0.15) is 0 Å². The minimum Gasteiger partial charge on any atom is -0.493 e. The number of ether oxygens (including phenoxy) is 2. The molecule has 118 valence electrons. The molecule has 2 N–H and O–H groups in total. The van der Waals surface area contributed by atoms with Gasteiger partial charge >= 0.3 is 0 Å². The molecule has 0 aliphatic rings. The van der Waals surface area contributed by atoms with Gasteiger partial charge in [-0.2, -0.15) is 0 Å². The van der Waals surface area contributed by atoms with Crippen molar-refractivity contribution in [3.63, 3.8) is 0 Å². The topological polar surface area (TPSA) is 44.5 Å². The van der Waals surface area contributed by atoms with Crippen LogP contribution in [0.4, 0.5) is 0 Å². The molecule has 1 atom stereocenters. The molecule has 0 aliphatic carbocycles. The SMILES string of the molecule is COc1ccc(C(CN)Cc2cc(C)cc(C)c2)cc1OC. The van der Waals surface area contributed by atoms with Gasteiger partial charge in [-0.1, -0.05) is 35.4 Å². The Morgan fingerprint density at radius 1 is 0.909 bits per heavy atom. The molecule has 0 saturated carbocycles. The van der Waals surface area contributed by atoms with E-state index in [2.05, 4.69) is 38.1 Å². The highest BCUT2D eigenvalue weighted by Gasteiger charge is 2.14. The van der Waals surface area contributed by atoms with E-state index in [1.165, 1.54) is 22.3 Å². The average Bonchev–Trinajstić information content (AvgIpc) is 2.51. The lowest BCUT2D eigenvalue weighted by Gasteiger charge is -2.18. The Kier molecular flexibility index (Phi) is 5.45. The lowest BCUT2D eigenvalue weighted by molar-refractivity contribution is 0.354. The first-order valence-corrected chi connectivity index (χ1v) is 7.56. The quantitative estimate of drug-likeness (QED) is 0.886. The second-order valence-corrected chi connectivity index (χ2v) is 5.75. The Morgan fingerprint density at radius 2 is 1.55 bits per heavy atom. The third-order valence-corrected chi connectivity index (χ3v) is 3.93. The van der Waals surface area contributed by atoms with Crippen LogP contribution < -0.4 is 15.2 Å². The summed E-state index contributed by atoms with van der Waals surface area (Å²) in [6.45, 7) is 4.86. The monoisotopic (exact) mass is 299 g/mol. The molecule has 0 bridgehead atoms. The first-order valence-electron chi connectivity index (χ1n) is 7.56. The Morgan fingerprint density at radius 3 is 2.09 bits per heavy atom. The van der Waals surface area contributed by atoms with Crippen molar-refractivity contribution >= 4 is 0 Å². The molecule has 22 heavy (non-hydrogen) atoms. The lowest BCUT2D eigenvalue weighted by atomic mass is 9.90. The summed E-state index contributed by atoms with van der Waals surface area (Å²) in [6.07, 6.45) is 0.925. The van der Waals surface area contributed by atoms with Gasteiger partial charge in [-0.15, -0.1) is 0 Å². The molecular formula is C19H25NO2. The molecule has 3 nitrogen and oxygen atoms in total. The van der Waals surface area contributed by atoms with Gasteiger partial charge in [-0.25, -0.2) is 0 Å². The van der Waals surface area contributed by atoms with Gasteiger partial charge in [0, 0.05) is 5.92 Å². The summed E-state index contributed by atoms with van der Waals surface area (Å²) in [5, 5.41) is 0. The molecule has 3 heteroatoms. The molecule has 0 amide bonds. The fraction of sp³-hybridized carbons (Fsp3) is 0.368. The van der Waals surface area contributed by atoms with E-state index < -0.39 is 0 Å². The molecular weight excluding hydrogens is 274 g/mol. The van der Waals surface area contributed by atoms with Crippen molar-refractivity contribution in [3.8, 4) is 11.5 Å². The zero-order chi connectivity index (χ0) is 16.1. The van der Waals surface area contributed by atoms with Crippen LogP contribution >= 0.6 is 0 Å². The summed E-state index contributed by atoms with van der Waals surface area (Å²) in [4.78, 5) is 0. The standard InChI is InChI=1S/C19H25NO2/c1-13-7-14(2)9-15(8-13)10-17(12-20)16-5-6-18(21-3)19(11-16)22-4/h5-9,11,17H,10,12,20H2,1-4H3. The van der Waals surface area contributed by atoms with Crippen molar-refractivity contribution in [1.82, 2.24) is 0 Å². The van der Waals surface area contributed by atoms with Crippen LogP contribution in [0.1, 0.15) is 28.2 Å². The third-order valence-electron chi connectivity index (χ3n) is 3.93. The van der Waals surface area contributed by atoms with Gasteiger partial charge in [-0.05, 0) is 50.1 Å². The molecule has 2 aromatic rings. The smallest absolute Gasteiger partial charge is 0.160 e. The van der Waals surface area contributed by atoms with E-state index in [4.69, 9.17) is 15.2 Å². The van der Waals surface area contributed by atoms with Crippen LogP contribution in [0, 0.1) is 13.8 Å². The Balaban J connectivity index is 2.28. The first kappa shape index (κ1) is 16.4. The van der Waals surface area contributed by atoms with E-state index in [1.54, 1.807) is 14.2 Å². The first-order chi connectivity index (χ1) is 10.6. The van der Waals surface area contributed by atoms with E-state index in [0.717, 1.165) is 17.9 Å². The Hall–Kier alpha value is -2.00. The molecule has 0 radical (unpaired) electrons. The van der Waals surface area contributed by atoms with Gasteiger partial charge in [0.05, 0.1) is 14.2 Å². The van der Waals surface area contributed by atoms with Gasteiger partial charge < -0.3 is 15.2 Å². The fourth-order valence-electron chi connectivity index (χ4n) is 2.92. The third kappa shape index (κ3) is 3.80. The lowest BCUT2D eigenvalue weighted by Crippen LogP contribution is -2.15. The fourth-order valence-corrected chi connectivity index (χ4v) is 2.92. The van der Waals surface area contributed by atoms with Crippen LogP contribution in [-0.2, 0) is 6.42 Å². The molecule has 2 rings (SSSR count). The number of aryl methyl sites for hydroxylation is 2. The predicted octanol–water partition coefficient (Wildman–Crippen LogP) is 3.61. The van der Waals surface area contributed by atoms with E-state index in [-0.39, 0.29) is 5.92 Å². The molecule has 0 spiro atoms. The van der Waals surface area contributed by atoms with E-state index in [0.29, 0.717) is 6.54 Å². The summed E-state index contributed by atoms with van der Waals surface area (Å²) >= 11 is 0. The maximum Gasteiger partial charge on any atom is 0.160 e. The highest BCUT2D eigenvalue weighted by Crippen LogP contribution is 2.31. The summed E-state index contributed by atoms with van der Waals surface area (Å²) in [7, 11) is 3.30. The second kappa shape index (κ2) is 7.32. The van der Waals surface area contributed by atoms with Crippen LogP contribution in [0.25, 0.3) is 0 Å². The molecule has 2 aromatic carbocycles. The number of hydrogen-bond donors (Lipinski definition) is 1. The van der Waals surface area contributed by atoms with Gasteiger partial charge in [0.15, 0.2) is 11.5 Å². The second-order valence-electron chi connectivity index (χ2n) is 5.75. The highest BCUT2D eigenvalue weighted by molar-refractivity contribution is 5.44. The van der Waals surface area contributed by atoms with Crippen molar-refractivity contribution in [1.29, 1.82) is 0 Å². The Bertz CT molecular complexity index is 617. The zero-order valence-electron chi connectivity index (χ0n) is 13.8. The molecule has 0 aliphatic heterocycles. The van der Waals surface area contributed by atoms with Crippen LogP contribution in [0.15, 0.2) is 36.4 Å². The number of rotatable bonds is 6. The zero-order valence-corrected chi connectivity index (χ0v) is 13.8. The van der Waals surface area contributed by atoms with Crippen molar-refractivity contribution < 1.29 is 9.47 Å². The van der Waals surface area contributed by atoms with Crippen LogP contribution in [0.5, 0.6) is 11.5 Å². The highest BCUT2D eigenvalue weighted by atomic mass is 16.5. The maximum absolute atomic E-state index is 6.02. The molecule has 0 heterocycles. The van der Waals surface area contributed by atoms with Crippen LogP contribution in [-0.4, -0.2) is 20.8 Å². The van der Waals surface area contributed by atoms with E-state index in [9.17, 15) is 0 Å². The Labute approximate surface area is 133 Å². The predicted molar refractivity (Wildman–Crippen MR) is 91.0 cm³/mol. The number of methoxy groups -OCH3 is 2. The summed E-state index contributed by atoms with van der Waals surface area (Å²) in [5.41, 5.74) is 11.1. The van der Waals surface area contributed by atoms with E-state index in [1.807, 2.05) is 12.1 Å². The van der Waals surface area contributed by atoms with Gasteiger partial charge in [0.2, 0.25) is 0 Å². The minimum absolute atomic E-state index is 0.265. The minimum atomic E-state index is 0.265. The largest absolute Gasteiger partial charge is 0.493 e. The van der Waals surface area contributed by atoms with Gasteiger partial charge in [-0.3, -0.25) is 0 Å². The number of nitrogens with two attached hydrogens (primary N) is 1. The molecule has 0 aromatic heterocycles. The van der Waals surface area contributed by atoms with Crippen molar-refractivity contribution in [3.05, 3.63) is 58.7 Å². The van der Waals surface area contributed by atoms with Gasteiger partial charge in [0.25, 0.3) is 0 Å². The molecule has 1 unspecified atom stereocenters. The van der Waals surface area contributed by atoms with Crippen molar-refractivity contribution in [2.75, 3.05) is 20.8 Å². The summed E-state index contributed by atoms with van der Waals surface area (Å²) in [6, 6.07) is 12.7. The summed E-state index contributed by atoms with van der Waals surface area (Å²) < 4.78 is 10.7. The van der Waals surface area contributed by atoms with Crippen LogP contribution in [0.3, 0.4) is 0 Å². The average molecular weight is 299 g/mol.